The van der Waals surface area contributed by atoms with Crippen LogP contribution in [0.3, 0.4) is 0 Å². The Morgan fingerprint density at radius 3 is 2.45 bits per heavy atom. The summed E-state index contributed by atoms with van der Waals surface area (Å²) < 4.78 is 0. The molecule has 0 aromatic heterocycles. The zero-order chi connectivity index (χ0) is 15.1. The van der Waals surface area contributed by atoms with Gasteiger partial charge in [-0.1, -0.05) is 6.92 Å². The first kappa shape index (κ1) is 17.1. The van der Waals surface area contributed by atoms with Gasteiger partial charge in [0.1, 0.15) is 6.04 Å². The maximum atomic E-state index is 12.1. The minimum Gasteiger partial charge on any atom is -0.480 e. The monoisotopic (exact) mass is 302 g/mol. The van der Waals surface area contributed by atoms with Crippen LogP contribution in [0.2, 0.25) is 0 Å². The maximum absolute atomic E-state index is 12.1. The van der Waals surface area contributed by atoms with Crippen LogP contribution in [0, 0.1) is 5.92 Å². The summed E-state index contributed by atoms with van der Waals surface area (Å²) in [6.45, 7) is 2.24. The summed E-state index contributed by atoms with van der Waals surface area (Å²) in [6.07, 6.45) is 6.67. The van der Waals surface area contributed by atoms with Gasteiger partial charge >= 0.3 is 12.0 Å². The van der Waals surface area contributed by atoms with Crippen LogP contribution >= 0.6 is 11.8 Å². The standard InChI is InChI=1S/C14H26N2O3S/c1-10-4-6-11(7-5-10)16(2)14(19)15-12(13(17)18)8-9-20-3/h10-12H,4-9H2,1-3H3,(H,15,19)(H,17,18)/t10?,11?,12-/m1/s1. The van der Waals surface area contributed by atoms with Crippen LogP contribution in [0.25, 0.3) is 0 Å². The van der Waals surface area contributed by atoms with E-state index in [-0.39, 0.29) is 12.1 Å². The molecule has 1 atom stereocenters. The van der Waals surface area contributed by atoms with Gasteiger partial charge in [-0.2, -0.15) is 11.8 Å². The smallest absolute Gasteiger partial charge is 0.326 e. The van der Waals surface area contributed by atoms with E-state index in [1.807, 2.05) is 6.26 Å². The zero-order valence-electron chi connectivity index (χ0n) is 12.6. The van der Waals surface area contributed by atoms with Gasteiger partial charge in [0.2, 0.25) is 0 Å². The fraction of sp³-hybridized carbons (Fsp3) is 0.857. The number of hydrogen-bond donors (Lipinski definition) is 2. The van der Waals surface area contributed by atoms with Crippen LogP contribution in [0.5, 0.6) is 0 Å². The molecule has 2 N–H and O–H groups in total. The summed E-state index contributed by atoms with van der Waals surface area (Å²) in [5.41, 5.74) is 0. The van der Waals surface area contributed by atoms with Crippen LogP contribution in [0.1, 0.15) is 39.0 Å². The number of hydrogen-bond acceptors (Lipinski definition) is 3. The number of rotatable bonds is 6. The second kappa shape index (κ2) is 8.39. The average Bonchev–Trinajstić information content (AvgIpc) is 2.42. The zero-order valence-corrected chi connectivity index (χ0v) is 13.4. The second-order valence-corrected chi connectivity index (χ2v) is 6.63. The fourth-order valence-electron chi connectivity index (χ4n) is 2.54. The molecule has 6 heteroatoms. The highest BCUT2D eigenvalue weighted by Crippen LogP contribution is 2.26. The number of nitrogens with one attached hydrogen (secondary N) is 1. The maximum Gasteiger partial charge on any atom is 0.326 e. The lowest BCUT2D eigenvalue weighted by Crippen LogP contribution is -2.50. The number of nitrogens with zero attached hydrogens (tertiary/aromatic N) is 1. The predicted octanol–water partition coefficient (Wildman–Crippen LogP) is 2.41. The molecular weight excluding hydrogens is 276 g/mol. The van der Waals surface area contributed by atoms with E-state index in [2.05, 4.69) is 12.2 Å². The Bertz CT molecular complexity index is 330. The number of carbonyl (C=O) groups is 2. The first-order valence-corrected chi connectivity index (χ1v) is 8.60. The van der Waals surface area contributed by atoms with Gasteiger partial charge in [0.15, 0.2) is 0 Å². The van der Waals surface area contributed by atoms with E-state index >= 15 is 0 Å². The average molecular weight is 302 g/mol. The lowest BCUT2D eigenvalue weighted by molar-refractivity contribution is -0.139. The summed E-state index contributed by atoms with van der Waals surface area (Å²) in [7, 11) is 1.77. The summed E-state index contributed by atoms with van der Waals surface area (Å²) in [6, 6.07) is -0.820. The van der Waals surface area contributed by atoms with Crippen molar-refractivity contribution < 1.29 is 14.7 Å². The van der Waals surface area contributed by atoms with Crippen molar-refractivity contribution in [2.75, 3.05) is 19.1 Å². The molecule has 0 saturated heterocycles. The molecule has 0 unspecified atom stereocenters. The van der Waals surface area contributed by atoms with Crippen LogP contribution in [0.15, 0.2) is 0 Å². The molecule has 20 heavy (non-hydrogen) atoms. The summed E-state index contributed by atoms with van der Waals surface area (Å²) >= 11 is 1.58. The highest BCUT2D eigenvalue weighted by Gasteiger charge is 2.27. The Balaban J connectivity index is 2.48. The van der Waals surface area contributed by atoms with Crippen LogP contribution in [-0.2, 0) is 4.79 Å². The van der Waals surface area contributed by atoms with Gasteiger partial charge in [0.05, 0.1) is 0 Å². The van der Waals surface area contributed by atoms with Crippen molar-refractivity contribution in [3.05, 3.63) is 0 Å². The quantitative estimate of drug-likeness (QED) is 0.790. The SMILES string of the molecule is CSCC[C@@H](NC(=O)N(C)C1CCC(C)CC1)C(=O)O. The van der Waals surface area contributed by atoms with Gasteiger partial charge in [0.25, 0.3) is 0 Å². The van der Waals surface area contributed by atoms with Crippen molar-refractivity contribution in [3.63, 3.8) is 0 Å². The first-order chi connectivity index (χ1) is 9.45. The number of carboxylic acid groups (broad SMARTS) is 1. The number of amides is 2. The third-order valence-corrected chi connectivity index (χ3v) is 4.70. The second-order valence-electron chi connectivity index (χ2n) is 5.65. The van der Waals surface area contributed by atoms with Crippen molar-refractivity contribution in [2.45, 2.75) is 51.1 Å². The van der Waals surface area contributed by atoms with Gasteiger partial charge in [-0.25, -0.2) is 9.59 Å². The summed E-state index contributed by atoms with van der Waals surface area (Å²) in [4.78, 5) is 25.0. The van der Waals surface area contributed by atoms with E-state index in [0.29, 0.717) is 6.42 Å². The number of carbonyl (C=O) groups excluding carboxylic acids is 1. The summed E-state index contributed by atoms with van der Waals surface area (Å²) in [5, 5.41) is 11.8. The Hall–Kier alpha value is -0.910. The van der Waals surface area contributed by atoms with Gasteiger partial charge in [-0.15, -0.1) is 0 Å². The van der Waals surface area contributed by atoms with Crippen LogP contribution in [-0.4, -0.2) is 53.1 Å². The lowest BCUT2D eigenvalue weighted by atomic mass is 9.87. The molecule has 116 valence electrons. The van der Waals surface area contributed by atoms with E-state index in [1.165, 1.54) is 0 Å². The Morgan fingerprint density at radius 1 is 1.35 bits per heavy atom. The minimum absolute atomic E-state index is 0.237. The fourth-order valence-corrected chi connectivity index (χ4v) is 3.01. The Morgan fingerprint density at radius 2 is 1.95 bits per heavy atom. The van der Waals surface area contributed by atoms with Crippen LogP contribution in [0.4, 0.5) is 4.79 Å². The van der Waals surface area contributed by atoms with E-state index in [0.717, 1.165) is 37.4 Å². The molecule has 0 radical (unpaired) electrons. The molecule has 1 aliphatic carbocycles. The van der Waals surface area contributed by atoms with Crippen molar-refractivity contribution in [2.24, 2.45) is 5.92 Å². The number of aliphatic carboxylic acids is 1. The molecule has 1 aliphatic rings. The molecule has 0 bridgehead atoms. The Kier molecular flexibility index (Phi) is 7.19. The molecule has 0 heterocycles. The Labute approximate surface area is 125 Å². The van der Waals surface area contributed by atoms with Gasteiger partial charge in [-0.05, 0) is 50.0 Å². The minimum atomic E-state index is -0.960. The van der Waals surface area contributed by atoms with Gasteiger partial charge in [-0.3, -0.25) is 0 Å². The first-order valence-electron chi connectivity index (χ1n) is 7.20. The number of thioether (sulfide) groups is 1. The van der Waals surface area contributed by atoms with Crippen molar-refractivity contribution in [1.82, 2.24) is 10.2 Å². The third kappa shape index (κ3) is 5.23. The highest BCUT2D eigenvalue weighted by atomic mass is 32.2. The van der Waals surface area contributed by atoms with Crippen LogP contribution < -0.4 is 5.32 Å². The van der Waals surface area contributed by atoms with E-state index < -0.39 is 12.0 Å². The molecular formula is C14H26N2O3S. The molecule has 1 saturated carbocycles. The predicted molar refractivity (Wildman–Crippen MR) is 82.1 cm³/mol. The topological polar surface area (TPSA) is 69.6 Å². The molecule has 0 aliphatic heterocycles. The normalized spacial score (nSPS) is 23.9. The van der Waals surface area contributed by atoms with E-state index in [4.69, 9.17) is 5.11 Å². The summed E-state index contributed by atoms with van der Waals surface area (Å²) in [5.74, 6) is 0.496. The van der Waals surface area contributed by atoms with Gasteiger partial charge in [0, 0.05) is 13.1 Å². The highest BCUT2D eigenvalue weighted by molar-refractivity contribution is 7.98. The van der Waals surface area contributed by atoms with Crippen molar-refractivity contribution in [1.29, 1.82) is 0 Å². The number of carboxylic acids is 1. The molecule has 5 nitrogen and oxygen atoms in total. The molecule has 0 aromatic carbocycles. The molecule has 1 fully saturated rings. The van der Waals surface area contributed by atoms with Gasteiger partial charge < -0.3 is 15.3 Å². The molecule has 0 aromatic rings. The van der Waals surface area contributed by atoms with E-state index in [9.17, 15) is 9.59 Å². The van der Waals surface area contributed by atoms with Crippen molar-refractivity contribution in [3.8, 4) is 0 Å². The number of urea groups is 1. The largest absolute Gasteiger partial charge is 0.480 e. The molecule has 0 spiro atoms. The van der Waals surface area contributed by atoms with Crippen molar-refractivity contribution >= 4 is 23.8 Å². The lowest BCUT2D eigenvalue weighted by Gasteiger charge is -2.34. The molecule has 1 rings (SSSR count). The molecule has 2 amide bonds. The van der Waals surface area contributed by atoms with E-state index in [1.54, 1.807) is 23.7 Å². The third-order valence-electron chi connectivity index (χ3n) is 4.06.